The van der Waals surface area contributed by atoms with Gasteiger partial charge in [0.15, 0.2) is 5.78 Å². The second-order valence-corrected chi connectivity index (χ2v) is 5.42. The van der Waals surface area contributed by atoms with Crippen molar-refractivity contribution in [3.05, 3.63) is 35.9 Å². The Morgan fingerprint density at radius 1 is 1.38 bits per heavy atom. The number of nitrogens with zero attached hydrogens (tertiary/aromatic N) is 1. The minimum Gasteiger partial charge on any atom is -0.448 e. The van der Waals surface area contributed by atoms with E-state index >= 15 is 0 Å². The van der Waals surface area contributed by atoms with Gasteiger partial charge < -0.3 is 24.8 Å². The zero-order chi connectivity index (χ0) is 17.5. The first kappa shape index (κ1) is 17.7. The first-order valence-electron chi connectivity index (χ1n) is 7.55. The van der Waals surface area contributed by atoms with Crippen molar-refractivity contribution < 1.29 is 29.0 Å². The maximum atomic E-state index is 11.8. The Morgan fingerprint density at radius 3 is 2.67 bits per heavy atom. The number of alkyl carbamates (subject to hydrolysis) is 1. The molecular formula is C16H20N2O6. The van der Waals surface area contributed by atoms with Crippen molar-refractivity contribution in [2.75, 3.05) is 19.7 Å². The number of amides is 2. The van der Waals surface area contributed by atoms with Gasteiger partial charge in [0.1, 0.15) is 19.3 Å². The maximum absolute atomic E-state index is 11.8. The van der Waals surface area contributed by atoms with Crippen LogP contribution in [0.2, 0.25) is 0 Å². The maximum Gasteiger partial charge on any atom is 0.410 e. The Hall–Kier alpha value is -2.61. The summed E-state index contributed by atoms with van der Waals surface area (Å²) in [5.41, 5.74) is 0.799. The second kappa shape index (κ2) is 8.30. The smallest absolute Gasteiger partial charge is 0.410 e. The van der Waals surface area contributed by atoms with E-state index in [-0.39, 0.29) is 19.8 Å². The normalized spacial score (nSPS) is 16.2. The molecule has 1 saturated heterocycles. The van der Waals surface area contributed by atoms with Crippen LogP contribution in [0.4, 0.5) is 9.59 Å². The quantitative estimate of drug-likeness (QED) is 0.759. The van der Waals surface area contributed by atoms with Crippen molar-refractivity contribution >= 4 is 18.0 Å². The molecule has 1 aliphatic rings. The summed E-state index contributed by atoms with van der Waals surface area (Å²) in [6, 6.07) is 7.89. The van der Waals surface area contributed by atoms with Crippen LogP contribution in [0, 0.1) is 0 Å². The molecule has 24 heavy (non-hydrogen) atoms. The Balaban J connectivity index is 1.86. The fraction of sp³-hybridized carbons (Fsp3) is 0.438. The van der Waals surface area contributed by atoms with Crippen LogP contribution in [0.3, 0.4) is 0 Å². The topological polar surface area (TPSA) is 105 Å². The second-order valence-electron chi connectivity index (χ2n) is 5.42. The number of Topliss-reactive ketones (excluding diaryl/α,β-unsaturated/α-hetero) is 1. The molecule has 0 aliphatic carbocycles. The van der Waals surface area contributed by atoms with Crippen molar-refractivity contribution in [1.29, 1.82) is 0 Å². The van der Waals surface area contributed by atoms with Crippen molar-refractivity contribution in [2.24, 2.45) is 0 Å². The van der Waals surface area contributed by atoms with Crippen LogP contribution >= 0.6 is 0 Å². The highest BCUT2D eigenvalue weighted by atomic mass is 16.6. The molecule has 2 N–H and O–H groups in total. The van der Waals surface area contributed by atoms with Gasteiger partial charge in [-0.1, -0.05) is 30.3 Å². The summed E-state index contributed by atoms with van der Waals surface area (Å²) in [5.74, 6) is -0.438. The number of ether oxygens (including phenoxy) is 2. The molecule has 130 valence electrons. The molecule has 0 radical (unpaired) electrons. The predicted molar refractivity (Wildman–Crippen MR) is 83.2 cm³/mol. The van der Waals surface area contributed by atoms with Crippen molar-refractivity contribution in [3.63, 3.8) is 0 Å². The molecule has 1 fully saturated rings. The largest absolute Gasteiger partial charge is 0.448 e. The summed E-state index contributed by atoms with van der Waals surface area (Å²) < 4.78 is 9.79. The highest BCUT2D eigenvalue weighted by Crippen LogP contribution is 2.07. The molecule has 0 spiro atoms. The van der Waals surface area contributed by atoms with Gasteiger partial charge in [0.25, 0.3) is 0 Å². The molecule has 1 heterocycles. The highest BCUT2D eigenvalue weighted by Gasteiger charge is 2.31. The lowest BCUT2D eigenvalue weighted by molar-refractivity contribution is -0.121. The first-order valence-corrected chi connectivity index (χ1v) is 7.55. The number of β-amino-alcohol motifs (C(OH)–C–C–N with tert-alkyl or cyclic N) is 1. The van der Waals surface area contributed by atoms with Gasteiger partial charge in [-0.2, -0.15) is 0 Å². The monoisotopic (exact) mass is 336 g/mol. The molecule has 0 unspecified atom stereocenters. The summed E-state index contributed by atoms with van der Waals surface area (Å²) in [7, 11) is 0. The van der Waals surface area contributed by atoms with Crippen LogP contribution < -0.4 is 5.32 Å². The van der Waals surface area contributed by atoms with E-state index in [0.29, 0.717) is 6.54 Å². The van der Waals surface area contributed by atoms with Gasteiger partial charge >= 0.3 is 12.2 Å². The lowest BCUT2D eigenvalue weighted by Crippen LogP contribution is -2.52. The molecule has 1 aliphatic heterocycles. The van der Waals surface area contributed by atoms with E-state index in [9.17, 15) is 19.5 Å². The zero-order valence-electron chi connectivity index (χ0n) is 13.3. The first-order chi connectivity index (χ1) is 11.5. The third-order valence-electron chi connectivity index (χ3n) is 3.56. The van der Waals surface area contributed by atoms with Crippen LogP contribution in [-0.4, -0.2) is 59.8 Å². The van der Waals surface area contributed by atoms with E-state index in [1.165, 1.54) is 11.8 Å². The molecule has 1 aromatic rings. The van der Waals surface area contributed by atoms with Crippen LogP contribution in [0.25, 0.3) is 0 Å². The van der Waals surface area contributed by atoms with Gasteiger partial charge in [0.05, 0.1) is 19.2 Å². The molecule has 8 nitrogen and oxygen atoms in total. The standard InChI is InChI=1S/C16H20N2O6/c1-11(19)14(13(20)9-18-7-8-23-16(18)22)17-15(21)24-10-12-5-3-2-4-6-12/h2-6,13-14,20H,7-10H2,1H3,(H,17,21)/t13-,14+/m0/s1. The van der Waals surface area contributed by atoms with Crippen molar-refractivity contribution in [3.8, 4) is 0 Å². The van der Waals surface area contributed by atoms with Crippen molar-refractivity contribution in [2.45, 2.75) is 25.7 Å². The van der Waals surface area contributed by atoms with Gasteiger partial charge in [0, 0.05) is 0 Å². The SMILES string of the molecule is CC(=O)[C@@H](NC(=O)OCc1ccccc1)[C@@H](O)CN1CCOC1=O. The minimum atomic E-state index is -1.25. The molecule has 2 atom stereocenters. The predicted octanol–water partition coefficient (Wildman–Crippen LogP) is 0.683. The third-order valence-corrected chi connectivity index (χ3v) is 3.56. The Bertz CT molecular complexity index is 591. The van der Waals surface area contributed by atoms with Gasteiger partial charge in [-0.3, -0.25) is 4.79 Å². The summed E-state index contributed by atoms with van der Waals surface area (Å²) in [4.78, 5) is 36.2. The Morgan fingerprint density at radius 2 is 2.08 bits per heavy atom. The van der Waals surface area contributed by atoms with E-state index in [4.69, 9.17) is 9.47 Å². The third kappa shape index (κ3) is 4.95. The number of benzene rings is 1. The summed E-state index contributed by atoms with van der Waals surface area (Å²) in [6.45, 7) is 1.75. The Kier molecular flexibility index (Phi) is 6.14. The van der Waals surface area contributed by atoms with E-state index < -0.39 is 30.1 Å². The molecule has 0 bridgehead atoms. The highest BCUT2D eigenvalue weighted by molar-refractivity contribution is 5.86. The lowest BCUT2D eigenvalue weighted by Gasteiger charge is -2.24. The molecule has 2 amide bonds. The molecule has 1 aromatic carbocycles. The minimum absolute atomic E-state index is 0.0475. The zero-order valence-corrected chi connectivity index (χ0v) is 13.3. The lowest BCUT2D eigenvalue weighted by atomic mass is 10.1. The average molecular weight is 336 g/mol. The number of hydrogen-bond donors (Lipinski definition) is 2. The van der Waals surface area contributed by atoms with E-state index in [1.54, 1.807) is 12.1 Å². The van der Waals surface area contributed by atoms with Crippen LogP contribution in [0.15, 0.2) is 30.3 Å². The number of carbonyl (C=O) groups is 3. The van der Waals surface area contributed by atoms with Gasteiger partial charge in [-0.25, -0.2) is 9.59 Å². The Labute approximate surface area is 139 Å². The molecule has 0 saturated carbocycles. The van der Waals surface area contributed by atoms with Gasteiger partial charge in [-0.05, 0) is 12.5 Å². The van der Waals surface area contributed by atoms with E-state index in [1.807, 2.05) is 18.2 Å². The number of hydrogen-bond acceptors (Lipinski definition) is 6. The van der Waals surface area contributed by atoms with Crippen molar-refractivity contribution in [1.82, 2.24) is 10.2 Å². The number of carbonyl (C=O) groups excluding carboxylic acids is 3. The number of aliphatic hydroxyl groups is 1. The fourth-order valence-electron chi connectivity index (χ4n) is 2.28. The number of cyclic esters (lactones) is 1. The molecular weight excluding hydrogens is 316 g/mol. The summed E-state index contributed by atoms with van der Waals surface area (Å²) >= 11 is 0. The number of aliphatic hydroxyl groups excluding tert-OH is 1. The van der Waals surface area contributed by atoms with Crippen LogP contribution in [0.1, 0.15) is 12.5 Å². The van der Waals surface area contributed by atoms with E-state index in [2.05, 4.69) is 5.32 Å². The average Bonchev–Trinajstić information content (AvgIpc) is 2.96. The number of nitrogens with one attached hydrogen (secondary N) is 1. The molecule has 8 heteroatoms. The van der Waals surface area contributed by atoms with E-state index in [0.717, 1.165) is 5.56 Å². The number of rotatable bonds is 7. The van der Waals surface area contributed by atoms with Crippen LogP contribution in [0.5, 0.6) is 0 Å². The van der Waals surface area contributed by atoms with Gasteiger partial charge in [0.2, 0.25) is 0 Å². The molecule has 2 rings (SSSR count). The number of ketones is 1. The summed E-state index contributed by atoms with van der Waals surface area (Å²) in [5, 5.41) is 12.5. The fourth-order valence-corrected chi connectivity index (χ4v) is 2.28. The summed E-state index contributed by atoms with van der Waals surface area (Å²) in [6.07, 6.45) is -2.62. The molecule has 0 aromatic heterocycles. The van der Waals surface area contributed by atoms with Crippen LogP contribution in [-0.2, 0) is 20.9 Å². The van der Waals surface area contributed by atoms with Gasteiger partial charge in [-0.15, -0.1) is 0 Å².